The zero-order valence-corrected chi connectivity index (χ0v) is 16.0. The van der Waals surface area contributed by atoms with E-state index in [1.54, 1.807) is 19.4 Å². The smallest absolute Gasteiger partial charge is 0.191 e. The molecule has 2 N–H and O–H groups in total. The molecule has 1 atom stereocenters. The monoisotopic (exact) mass is 406 g/mol. The number of aliphatic imine (C=N–C) groups is 1. The Bertz CT molecular complexity index is 667. The number of nitrogens with zero attached hydrogens (tertiary/aromatic N) is 2. The van der Waals surface area contributed by atoms with Crippen molar-refractivity contribution in [1.82, 2.24) is 15.6 Å². The van der Waals surface area contributed by atoms with Crippen molar-refractivity contribution in [1.29, 1.82) is 0 Å². The minimum atomic E-state index is -0.0103. The number of nitrogens with one attached hydrogen (secondary N) is 2. The minimum Gasteiger partial charge on any atom is -0.490 e. The first-order chi connectivity index (χ1) is 12.2. The van der Waals surface area contributed by atoms with E-state index in [0.717, 1.165) is 16.0 Å². The standard InChI is InChI=1S/C18H23BrN4O2/c1-14(25-17-8-4-3-7-16(17)19)12-23-18(20-2)22-10-11-24-15-6-5-9-21-13-15/h3-9,13-14H,10-12H2,1-2H3,(H2,20,22,23). The van der Waals surface area contributed by atoms with Gasteiger partial charge in [0.1, 0.15) is 24.2 Å². The molecular formula is C18H23BrN4O2. The van der Waals surface area contributed by atoms with Crippen molar-refractivity contribution in [2.45, 2.75) is 13.0 Å². The number of pyridine rings is 1. The maximum atomic E-state index is 5.90. The van der Waals surface area contributed by atoms with Crippen molar-refractivity contribution >= 4 is 21.9 Å². The van der Waals surface area contributed by atoms with Gasteiger partial charge in [0.15, 0.2) is 5.96 Å². The van der Waals surface area contributed by atoms with Gasteiger partial charge in [0, 0.05) is 13.2 Å². The molecule has 2 rings (SSSR count). The van der Waals surface area contributed by atoms with E-state index >= 15 is 0 Å². The van der Waals surface area contributed by atoms with Gasteiger partial charge in [-0.3, -0.25) is 9.98 Å². The lowest BCUT2D eigenvalue weighted by Gasteiger charge is -2.18. The highest BCUT2D eigenvalue weighted by Crippen LogP contribution is 2.24. The Morgan fingerprint density at radius 3 is 2.80 bits per heavy atom. The summed E-state index contributed by atoms with van der Waals surface area (Å²) in [6.45, 7) is 3.79. The second-order valence-corrected chi connectivity index (χ2v) is 6.13. The van der Waals surface area contributed by atoms with E-state index in [-0.39, 0.29) is 6.10 Å². The molecule has 0 amide bonds. The largest absolute Gasteiger partial charge is 0.490 e. The summed E-state index contributed by atoms with van der Waals surface area (Å²) in [5.41, 5.74) is 0. The van der Waals surface area contributed by atoms with Gasteiger partial charge in [-0.2, -0.15) is 0 Å². The first kappa shape index (κ1) is 19.1. The lowest BCUT2D eigenvalue weighted by Crippen LogP contribution is -2.43. The Balaban J connectivity index is 1.66. The number of aromatic nitrogens is 1. The predicted molar refractivity (Wildman–Crippen MR) is 103 cm³/mol. The maximum absolute atomic E-state index is 5.90. The Kier molecular flexibility index (Phi) is 8.04. The Labute approximate surface area is 156 Å². The van der Waals surface area contributed by atoms with Crippen molar-refractivity contribution in [3.63, 3.8) is 0 Å². The third-order valence-corrected chi connectivity index (χ3v) is 3.90. The van der Waals surface area contributed by atoms with E-state index < -0.39 is 0 Å². The van der Waals surface area contributed by atoms with Crippen molar-refractivity contribution < 1.29 is 9.47 Å². The molecule has 1 aromatic carbocycles. The van der Waals surface area contributed by atoms with E-state index in [1.807, 2.05) is 43.3 Å². The quantitative estimate of drug-likeness (QED) is 0.400. The lowest BCUT2D eigenvalue weighted by atomic mass is 10.3. The molecule has 0 fully saturated rings. The van der Waals surface area contributed by atoms with Crippen molar-refractivity contribution in [3.8, 4) is 11.5 Å². The predicted octanol–water partition coefficient (Wildman–Crippen LogP) is 2.86. The van der Waals surface area contributed by atoms with E-state index in [4.69, 9.17) is 9.47 Å². The van der Waals surface area contributed by atoms with Gasteiger partial charge >= 0.3 is 0 Å². The molecule has 0 saturated heterocycles. The first-order valence-corrected chi connectivity index (χ1v) is 8.87. The highest BCUT2D eigenvalue weighted by Gasteiger charge is 2.07. The average Bonchev–Trinajstić information content (AvgIpc) is 2.64. The average molecular weight is 407 g/mol. The van der Waals surface area contributed by atoms with E-state index in [9.17, 15) is 0 Å². The number of rotatable bonds is 8. The van der Waals surface area contributed by atoms with Crippen LogP contribution in [0.3, 0.4) is 0 Å². The molecule has 1 heterocycles. The van der Waals surface area contributed by atoms with Gasteiger partial charge in [-0.1, -0.05) is 12.1 Å². The van der Waals surface area contributed by atoms with Crippen LogP contribution >= 0.6 is 15.9 Å². The summed E-state index contributed by atoms with van der Waals surface area (Å²) >= 11 is 3.48. The number of hydrogen-bond acceptors (Lipinski definition) is 4. The summed E-state index contributed by atoms with van der Waals surface area (Å²) in [5.74, 6) is 2.28. The molecular weight excluding hydrogens is 384 g/mol. The fourth-order valence-electron chi connectivity index (χ4n) is 2.03. The number of para-hydroxylation sites is 1. The van der Waals surface area contributed by atoms with Crippen LogP contribution in [0.5, 0.6) is 11.5 Å². The second kappa shape index (κ2) is 10.6. The summed E-state index contributed by atoms with van der Waals surface area (Å²) in [6, 6.07) is 11.5. The molecule has 0 spiro atoms. The number of guanidine groups is 1. The zero-order valence-electron chi connectivity index (χ0n) is 14.4. The van der Waals surface area contributed by atoms with E-state index in [1.165, 1.54) is 0 Å². The molecule has 25 heavy (non-hydrogen) atoms. The molecule has 0 radical (unpaired) electrons. The van der Waals surface area contributed by atoms with Gasteiger partial charge in [0.2, 0.25) is 0 Å². The van der Waals surface area contributed by atoms with Crippen LogP contribution in [0, 0.1) is 0 Å². The zero-order chi connectivity index (χ0) is 17.9. The topological polar surface area (TPSA) is 67.8 Å². The molecule has 0 aliphatic rings. The van der Waals surface area contributed by atoms with Gasteiger partial charge < -0.3 is 20.1 Å². The van der Waals surface area contributed by atoms with Crippen LogP contribution in [-0.2, 0) is 0 Å². The number of benzene rings is 1. The Morgan fingerprint density at radius 2 is 2.08 bits per heavy atom. The van der Waals surface area contributed by atoms with Crippen molar-refractivity contribution in [2.75, 3.05) is 26.7 Å². The molecule has 6 nitrogen and oxygen atoms in total. The summed E-state index contributed by atoms with van der Waals surface area (Å²) in [6.07, 6.45) is 3.39. The second-order valence-electron chi connectivity index (χ2n) is 5.28. The highest BCUT2D eigenvalue weighted by molar-refractivity contribution is 9.10. The summed E-state index contributed by atoms with van der Waals surface area (Å²) < 4.78 is 12.4. The van der Waals surface area contributed by atoms with Crippen molar-refractivity contribution in [3.05, 3.63) is 53.3 Å². The van der Waals surface area contributed by atoms with Gasteiger partial charge in [-0.25, -0.2) is 0 Å². The fourth-order valence-corrected chi connectivity index (χ4v) is 2.41. The highest BCUT2D eigenvalue weighted by atomic mass is 79.9. The third kappa shape index (κ3) is 7.01. The molecule has 0 bridgehead atoms. The summed E-state index contributed by atoms with van der Waals surface area (Å²) in [7, 11) is 1.73. The SMILES string of the molecule is CN=C(NCCOc1cccnc1)NCC(C)Oc1ccccc1Br. The number of halogens is 1. The van der Waals surface area contributed by atoms with Crippen LogP contribution in [0.4, 0.5) is 0 Å². The first-order valence-electron chi connectivity index (χ1n) is 8.07. The third-order valence-electron chi connectivity index (χ3n) is 3.24. The minimum absolute atomic E-state index is 0.0103. The summed E-state index contributed by atoms with van der Waals surface area (Å²) in [5, 5.41) is 6.44. The Hall–Kier alpha value is -2.28. The van der Waals surface area contributed by atoms with E-state index in [0.29, 0.717) is 25.7 Å². The molecule has 0 aliphatic carbocycles. The van der Waals surface area contributed by atoms with Crippen LogP contribution in [0.2, 0.25) is 0 Å². The van der Waals surface area contributed by atoms with Crippen LogP contribution in [0.25, 0.3) is 0 Å². The molecule has 7 heteroatoms. The molecule has 1 aromatic heterocycles. The molecule has 2 aromatic rings. The molecule has 134 valence electrons. The normalized spacial score (nSPS) is 12.4. The van der Waals surface area contributed by atoms with Gasteiger partial charge in [-0.15, -0.1) is 0 Å². The number of ether oxygens (including phenoxy) is 2. The van der Waals surface area contributed by atoms with Crippen LogP contribution < -0.4 is 20.1 Å². The lowest BCUT2D eigenvalue weighted by molar-refractivity contribution is 0.222. The molecule has 1 unspecified atom stereocenters. The summed E-state index contributed by atoms with van der Waals surface area (Å²) in [4.78, 5) is 8.20. The van der Waals surface area contributed by atoms with Crippen LogP contribution in [0.1, 0.15) is 6.92 Å². The van der Waals surface area contributed by atoms with Gasteiger partial charge in [-0.05, 0) is 47.1 Å². The molecule has 0 aliphatic heterocycles. The van der Waals surface area contributed by atoms with E-state index in [2.05, 4.69) is 36.5 Å². The van der Waals surface area contributed by atoms with Crippen LogP contribution in [0.15, 0.2) is 58.3 Å². The van der Waals surface area contributed by atoms with Crippen molar-refractivity contribution in [2.24, 2.45) is 4.99 Å². The van der Waals surface area contributed by atoms with Gasteiger partial charge in [0.25, 0.3) is 0 Å². The number of hydrogen-bond donors (Lipinski definition) is 2. The van der Waals surface area contributed by atoms with Crippen LogP contribution in [-0.4, -0.2) is 43.8 Å². The maximum Gasteiger partial charge on any atom is 0.191 e. The Morgan fingerprint density at radius 1 is 1.24 bits per heavy atom. The van der Waals surface area contributed by atoms with Gasteiger partial charge in [0.05, 0.1) is 23.8 Å². The fraction of sp³-hybridized carbons (Fsp3) is 0.333. The molecule has 0 saturated carbocycles.